The van der Waals surface area contributed by atoms with Crippen LogP contribution in [-0.2, 0) is 16.0 Å². The van der Waals surface area contributed by atoms with Crippen LogP contribution in [0.15, 0.2) is 45.5 Å². The predicted molar refractivity (Wildman–Crippen MR) is 115 cm³/mol. The number of fused-ring (bicyclic) bond motifs is 1. The Hall–Kier alpha value is -2.60. The van der Waals surface area contributed by atoms with Gasteiger partial charge in [-0.2, -0.15) is 0 Å². The molecule has 3 rings (SSSR count). The molecule has 2 amide bonds. The number of hydrogen-bond donors (Lipinski definition) is 1. The van der Waals surface area contributed by atoms with Gasteiger partial charge in [0.1, 0.15) is 5.58 Å². The van der Waals surface area contributed by atoms with E-state index in [2.05, 4.69) is 21.2 Å². The highest BCUT2D eigenvalue weighted by Gasteiger charge is 2.17. The number of hydrogen-bond acceptors (Lipinski definition) is 3. The molecule has 1 heterocycles. The smallest absolute Gasteiger partial charge is 0.243 e. The molecule has 28 heavy (non-hydrogen) atoms. The Morgan fingerprint density at radius 1 is 1.11 bits per heavy atom. The summed E-state index contributed by atoms with van der Waals surface area (Å²) in [6.07, 6.45) is 1.82. The third-order valence-corrected chi connectivity index (χ3v) is 5.45. The Bertz CT molecular complexity index is 1060. The van der Waals surface area contributed by atoms with E-state index >= 15 is 0 Å². The molecule has 0 bridgehead atoms. The first-order valence-corrected chi connectivity index (χ1v) is 9.82. The summed E-state index contributed by atoms with van der Waals surface area (Å²) in [5, 5.41) is 3.80. The maximum atomic E-state index is 12.6. The topological polar surface area (TPSA) is 62.6 Å². The fraction of sp³-hybridized carbons (Fsp3) is 0.273. The summed E-state index contributed by atoms with van der Waals surface area (Å²) in [7, 11) is 1.63. The Morgan fingerprint density at radius 3 is 2.57 bits per heavy atom. The first kappa shape index (κ1) is 20.1. The quantitative estimate of drug-likeness (QED) is 0.619. The van der Waals surface area contributed by atoms with Gasteiger partial charge in [0, 0.05) is 28.2 Å². The number of nitrogens with zero attached hydrogens (tertiary/aromatic N) is 1. The van der Waals surface area contributed by atoms with E-state index in [9.17, 15) is 9.59 Å². The fourth-order valence-electron chi connectivity index (χ4n) is 3.08. The van der Waals surface area contributed by atoms with Crippen molar-refractivity contribution in [3.63, 3.8) is 0 Å². The molecule has 2 aromatic carbocycles. The van der Waals surface area contributed by atoms with E-state index in [1.165, 1.54) is 4.90 Å². The molecule has 0 aliphatic carbocycles. The van der Waals surface area contributed by atoms with Crippen LogP contribution in [0.5, 0.6) is 0 Å². The Morgan fingerprint density at radius 2 is 1.86 bits per heavy atom. The van der Waals surface area contributed by atoms with Crippen LogP contribution in [0, 0.1) is 20.8 Å². The molecular formula is C22H23BrN2O3. The molecule has 0 unspecified atom stereocenters. The van der Waals surface area contributed by atoms with Gasteiger partial charge in [0.05, 0.1) is 19.2 Å². The number of carbonyl (C=O) groups is 2. The minimum absolute atomic E-state index is 0.0116. The zero-order valence-corrected chi connectivity index (χ0v) is 18.0. The lowest BCUT2D eigenvalue weighted by Gasteiger charge is -2.17. The van der Waals surface area contributed by atoms with Crippen LogP contribution in [-0.4, -0.2) is 30.3 Å². The molecule has 0 fully saturated rings. The van der Waals surface area contributed by atoms with Gasteiger partial charge in [-0.25, -0.2) is 0 Å². The highest BCUT2D eigenvalue weighted by molar-refractivity contribution is 9.10. The van der Waals surface area contributed by atoms with Crippen molar-refractivity contribution in [3.05, 3.63) is 63.3 Å². The summed E-state index contributed by atoms with van der Waals surface area (Å²) >= 11 is 3.40. The van der Waals surface area contributed by atoms with Crippen molar-refractivity contribution < 1.29 is 14.0 Å². The highest BCUT2D eigenvalue weighted by atomic mass is 79.9. The van der Waals surface area contributed by atoms with Crippen molar-refractivity contribution in [1.29, 1.82) is 0 Å². The summed E-state index contributed by atoms with van der Waals surface area (Å²) in [5.74, 6) is -0.367. The number of halogens is 1. The summed E-state index contributed by atoms with van der Waals surface area (Å²) < 4.78 is 6.62. The van der Waals surface area contributed by atoms with E-state index < -0.39 is 0 Å². The van der Waals surface area contributed by atoms with Gasteiger partial charge in [0.25, 0.3) is 0 Å². The van der Waals surface area contributed by atoms with Gasteiger partial charge in [-0.3, -0.25) is 9.59 Å². The number of likely N-dealkylation sites (N-methyl/N-ethyl adjacent to an activating group) is 1. The van der Waals surface area contributed by atoms with E-state index in [-0.39, 0.29) is 24.8 Å². The number of furan rings is 1. The van der Waals surface area contributed by atoms with Crippen LogP contribution in [0.25, 0.3) is 11.0 Å². The minimum Gasteiger partial charge on any atom is -0.464 e. The molecule has 5 nitrogen and oxygen atoms in total. The first-order valence-electron chi connectivity index (χ1n) is 9.02. The molecule has 1 N–H and O–H groups in total. The molecule has 3 aromatic rings. The van der Waals surface area contributed by atoms with Gasteiger partial charge in [0.2, 0.25) is 11.8 Å². The molecule has 0 atom stereocenters. The summed E-state index contributed by atoms with van der Waals surface area (Å²) in [4.78, 5) is 26.4. The summed E-state index contributed by atoms with van der Waals surface area (Å²) in [5.41, 5.74) is 5.56. The van der Waals surface area contributed by atoms with Crippen molar-refractivity contribution in [2.45, 2.75) is 27.2 Å². The number of aryl methyl sites for hydroxylation is 3. The fourth-order valence-corrected chi connectivity index (χ4v) is 3.56. The van der Waals surface area contributed by atoms with Crippen LogP contribution in [0.2, 0.25) is 0 Å². The van der Waals surface area contributed by atoms with E-state index in [1.807, 2.05) is 51.1 Å². The molecule has 0 radical (unpaired) electrons. The molecule has 6 heteroatoms. The standard InChI is InChI=1S/C22H23BrN2O3/c1-13-5-7-18-16(12-28-22(18)15(13)3)10-21(27)25(4)11-20(26)24-19-8-6-17(23)9-14(19)2/h5-9,12H,10-11H2,1-4H3,(H,24,26). The van der Waals surface area contributed by atoms with Crippen molar-refractivity contribution in [1.82, 2.24) is 4.90 Å². The molecular weight excluding hydrogens is 420 g/mol. The lowest BCUT2D eigenvalue weighted by atomic mass is 10.0. The zero-order valence-electron chi connectivity index (χ0n) is 16.4. The molecule has 0 saturated carbocycles. The average Bonchev–Trinajstić information content (AvgIpc) is 3.04. The van der Waals surface area contributed by atoms with Gasteiger partial charge in [-0.1, -0.05) is 28.1 Å². The summed E-state index contributed by atoms with van der Waals surface area (Å²) in [6.45, 7) is 5.94. The van der Waals surface area contributed by atoms with Crippen LogP contribution in [0.1, 0.15) is 22.3 Å². The number of anilines is 1. The molecule has 0 saturated heterocycles. The lowest BCUT2D eigenvalue weighted by Crippen LogP contribution is -2.35. The second kappa shape index (κ2) is 8.19. The third kappa shape index (κ3) is 4.28. The van der Waals surface area contributed by atoms with E-state index in [0.717, 1.165) is 43.4 Å². The average molecular weight is 443 g/mol. The molecule has 0 aliphatic heterocycles. The monoisotopic (exact) mass is 442 g/mol. The second-order valence-corrected chi connectivity index (χ2v) is 7.99. The predicted octanol–water partition coefficient (Wildman–Crippen LogP) is 4.76. The molecule has 146 valence electrons. The minimum atomic E-state index is -0.232. The molecule has 0 aliphatic rings. The van der Waals surface area contributed by atoms with Gasteiger partial charge in [0.15, 0.2) is 0 Å². The molecule has 1 aromatic heterocycles. The normalized spacial score (nSPS) is 10.9. The van der Waals surface area contributed by atoms with Crippen LogP contribution < -0.4 is 5.32 Å². The number of rotatable bonds is 5. The van der Waals surface area contributed by atoms with Gasteiger partial charge in [-0.15, -0.1) is 0 Å². The summed E-state index contributed by atoms with van der Waals surface area (Å²) in [6, 6.07) is 9.64. The van der Waals surface area contributed by atoms with Gasteiger partial charge < -0.3 is 14.6 Å². The van der Waals surface area contributed by atoms with Gasteiger partial charge >= 0.3 is 0 Å². The number of carbonyl (C=O) groups excluding carboxylic acids is 2. The maximum Gasteiger partial charge on any atom is 0.243 e. The third-order valence-electron chi connectivity index (χ3n) is 4.95. The van der Waals surface area contributed by atoms with Crippen molar-refractivity contribution >= 4 is 44.4 Å². The van der Waals surface area contributed by atoms with Crippen LogP contribution in [0.4, 0.5) is 5.69 Å². The SMILES string of the molecule is Cc1cc(Br)ccc1NC(=O)CN(C)C(=O)Cc1coc2c(C)c(C)ccc12. The highest BCUT2D eigenvalue weighted by Crippen LogP contribution is 2.27. The number of nitrogens with one attached hydrogen (secondary N) is 1. The van der Waals surface area contributed by atoms with Crippen LogP contribution >= 0.6 is 15.9 Å². The van der Waals surface area contributed by atoms with Crippen LogP contribution in [0.3, 0.4) is 0 Å². The Kier molecular flexibility index (Phi) is 5.89. The Balaban J connectivity index is 1.65. The Labute approximate surface area is 172 Å². The maximum absolute atomic E-state index is 12.6. The first-order chi connectivity index (χ1) is 13.3. The van der Waals surface area contributed by atoms with E-state index in [0.29, 0.717) is 0 Å². The molecule has 0 spiro atoms. The lowest BCUT2D eigenvalue weighted by molar-refractivity contribution is -0.132. The van der Waals surface area contributed by atoms with Gasteiger partial charge in [-0.05, 0) is 55.7 Å². The zero-order chi connectivity index (χ0) is 20.4. The number of amides is 2. The van der Waals surface area contributed by atoms with Crippen molar-refractivity contribution in [3.8, 4) is 0 Å². The van der Waals surface area contributed by atoms with E-state index in [1.54, 1.807) is 13.3 Å². The van der Waals surface area contributed by atoms with Crippen molar-refractivity contribution in [2.75, 3.05) is 18.9 Å². The second-order valence-electron chi connectivity index (χ2n) is 7.08. The van der Waals surface area contributed by atoms with E-state index in [4.69, 9.17) is 4.42 Å². The van der Waals surface area contributed by atoms with Crippen molar-refractivity contribution in [2.24, 2.45) is 0 Å². The number of benzene rings is 2. The largest absolute Gasteiger partial charge is 0.464 e.